The Morgan fingerprint density at radius 3 is 2.29 bits per heavy atom. The highest BCUT2D eigenvalue weighted by Crippen LogP contribution is 2.48. The molecule has 0 radical (unpaired) electrons. The lowest BCUT2D eigenvalue weighted by atomic mass is 9.94. The average molecular weight is 458 g/mol. The van der Waals surface area contributed by atoms with Crippen molar-refractivity contribution in [2.75, 3.05) is 62.4 Å². The van der Waals surface area contributed by atoms with Crippen molar-refractivity contribution >= 4 is 55.2 Å². The molecule has 0 amide bonds. The summed E-state index contributed by atoms with van der Waals surface area (Å²) in [6.45, 7) is 11.3. The fourth-order valence-corrected chi connectivity index (χ4v) is 7.07. The van der Waals surface area contributed by atoms with Crippen LogP contribution in [0.4, 0.5) is 11.6 Å². The molecule has 0 atom stereocenters. The molecule has 6 heterocycles. The summed E-state index contributed by atoms with van der Waals surface area (Å²) in [6.07, 6.45) is 2.76. The standard InChI is InChI=1S/C22H27N5O2S2/c1-22(2)11-14-15(12-30-22)19(26-3-7-28-8-4-26)25-21-16(14)17-18(31-21)20(24-13-23-17)27-5-9-29-10-6-27/h13H,3-12H2,1-2H3. The molecule has 3 aromatic rings. The number of rotatable bonds is 2. The number of morpholine rings is 2. The first kappa shape index (κ1) is 20.0. The summed E-state index contributed by atoms with van der Waals surface area (Å²) >= 11 is 3.78. The van der Waals surface area contributed by atoms with Gasteiger partial charge in [0.25, 0.3) is 0 Å². The number of fused-ring (bicyclic) bond motifs is 5. The summed E-state index contributed by atoms with van der Waals surface area (Å²) in [6, 6.07) is 0. The van der Waals surface area contributed by atoms with Crippen molar-refractivity contribution in [3.8, 4) is 0 Å². The van der Waals surface area contributed by atoms with Crippen LogP contribution in [0, 0.1) is 0 Å². The van der Waals surface area contributed by atoms with Crippen LogP contribution < -0.4 is 9.80 Å². The molecule has 0 bridgehead atoms. The summed E-state index contributed by atoms with van der Waals surface area (Å²) in [5.41, 5.74) is 3.90. The first-order valence-corrected chi connectivity index (χ1v) is 12.8. The number of thioether (sulfide) groups is 1. The van der Waals surface area contributed by atoms with E-state index in [9.17, 15) is 0 Å². The Bertz CT molecular complexity index is 1140. The molecule has 164 valence electrons. The quantitative estimate of drug-likeness (QED) is 0.580. The van der Waals surface area contributed by atoms with E-state index in [4.69, 9.17) is 19.4 Å². The zero-order valence-corrected chi connectivity index (χ0v) is 19.7. The van der Waals surface area contributed by atoms with Gasteiger partial charge in [0, 0.05) is 47.6 Å². The van der Waals surface area contributed by atoms with Crippen LogP contribution in [0.25, 0.3) is 20.4 Å². The van der Waals surface area contributed by atoms with Gasteiger partial charge in [-0.3, -0.25) is 0 Å². The molecule has 0 N–H and O–H groups in total. The maximum absolute atomic E-state index is 5.61. The lowest BCUT2D eigenvalue weighted by Gasteiger charge is -2.35. The molecule has 0 saturated carbocycles. The molecule has 0 aliphatic carbocycles. The number of aromatic nitrogens is 3. The van der Waals surface area contributed by atoms with E-state index in [1.165, 1.54) is 16.5 Å². The lowest BCUT2D eigenvalue weighted by Crippen LogP contribution is -2.38. The zero-order chi connectivity index (χ0) is 21.0. The van der Waals surface area contributed by atoms with Crippen molar-refractivity contribution in [1.29, 1.82) is 0 Å². The number of pyridine rings is 1. The number of hydrogen-bond donors (Lipinski definition) is 0. The molecule has 9 heteroatoms. The Kier molecular flexibility index (Phi) is 4.97. The molecule has 2 saturated heterocycles. The normalized spacial score (nSPS) is 21.6. The van der Waals surface area contributed by atoms with Crippen LogP contribution in [0.5, 0.6) is 0 Å². The second-order valence-electron chi connectivity index (χ2n) is 8.97. The molecule has 3 aromatic heterocycles. The highest BCUT2D eigenvalue weighted by molar-refractivity contribution is 7.99. The minimum absolute atomic E-state index is 0.206. The van der Waals surface area contributed by atoms with Gasteiger partial charge in [-0.25, -0.2) is 15.0 Å². The van der Waals surface area contributed by atoms with E-state index in [2.05, 4.69) is 28.6 Å². The summed E-state index contributed by atoms with van der Waals surface area (Å²) in [4.78, 5) is 20.6. The van der Waals surface area contributed by atoms with Crippen LogP contribution in [0.2, 0.25) is 0 Å². The fourth-order valence-electron chi connectivity index (χ4n) is 4.81. The minimum atomic E-state index is 0.206. The molecule has 7 nitrogen and oxygen atoms in total. The fraction of sp³-hybridized carbons (Fsp3) is 0.591. The van der Waals surface area contributed by atoms with Crippen molar-refractivity contribution in [1.82, 2.24) is 15.0 Å². The number of hydrogen-bond acceptors (Lipinski definition) is 9. The first-order valence-electron chi connectivity index (χ1n) is 11.0. The predicted octanol–water partition coefficient (Wildman–Crippen LogP) is 3.48. The third kappa shape index (κ3) is 3.46. The Labute approximate surface area is 190 Å². The summed E-state index contributed by atoms with van der Waals surface area (Å²) in [7, 11) is 0. The second kappa shape index (κ2) is 7.72. The minimum Gasteiger partial charge on any atom is -0.378 e. The van der Waals surface area contributed by atoms with E-state index in [1.54, 1.807) is 17.7 Å². The number of anilines is 2. The molecule has 0 spiro atoms. The highest BCUT2D eigenvalue weighted by atomic mass is 32.2. The SMILES string of the molecule is CC1(C)Cc2c(c(N3CCOCC3)nc3sc4c(N5CCOCC5)ncnc4c23)CS1. The van der Waals surface area contributed by atoms with E-state index < -0.39 is 0 Å². The van der Waals surface area contributed by atoms with Gasteiger partial charge in [-0.05, 0) is 12.0 Å². The Morgan fingerprint density at radius 2 is 1.58 bits per heavy atom. The molecule has 6 rings (SSSR count). The number of ether oxygens (including phenoxy) is 2. The van der Waals surface area contributed by atoms with Crippen molar-refractivity contribution in [2.45, 2.75) is 30.8 Å². The van der Waals surface area contributed by atoms with Crippen LogP contribution in [-0.4, -0.2) is 72.3 Å². The van der Waals surface area contributed by atoms with Gasteiger partial charge in [0.2, 0.25) is 0 Å². The molecular formula is C22H27N5O2S2. The van der Waals surface area contributed by atoms with Gasteiger partial charge in [0.05, 0.1) is 36.6 Å². The Morgan fingerprint density at radius 1 is 0.903 bits per heavy atom. The van der Waals surface area contributed by atoms with Crippen molar-refractivity contribution in [2.24, 2.45) is 0 Å². The average Bonchev–Trinajstić information content (AvgIpc) is 3.18. The van der Waals surface area contributed by atoms with Gasteiger partial charge in [-0.2, -0.15) is 11.8 Å². The van der Waals surface area contributed by atoms with Gasteiger partial charge in [0.15, 0.2) is 0 Å². The largest absolute Gasteiger partial charge is 0.378 e. The molecule has 3 aliphatic heterocycles. The smallest absolute Gasteiger partial charge is 0.150 e. The summed E-state index contributed by atoms with van der Waals surface area (Å²) in [5, 5.41) is 1.25. The Hall–Kier alpha value is -1.68. The van der Waals surface area contributed by atoms with Crippen molar-refractivity contribution < 1.29 is 9.47 Å². The monoisotopic (exact) mass is 457 g/mol. The highest BCUT2D eigenvalue weighted by Gasteiger charge is 2.33. The third-order valence-electron chi connectivity index (χ3n) is 6.41. The van der Waals surface area contributed by atoms with Crippen LogP contribution in [0.3, 0.4) is 0 Å². The zero-order valence-electron chi connectivity index (χ0n) is 18.0. The van der Waals surface area contributed by atoms with Gasteiger partial charge < -0.3 is 19.3 Å². The van der Waals surface area contributed by atoms with E-state index in [0.29, 0.717) is 0 Å². The van der Waals surface area contributed by atoms with Gasteiger partial charge in [0.1, 0.15) is 22.8 Å². The molecule has 31 heavy (non-hydrogen) atoms. The topological polar surface area (TPSA) is 63.6 Å². The molecule has 0 aromatic carbocycles. The lowest BCUT2D eigenvalue weighted by molar-refractivity contribution is 0.122. The van der Waals surface area contributed by atoms with E-state index in [1.807, 2.05) is 11.8 Å². The molecular weight excluding hydrogens is 430 g/mol. The molecule has 2 fully saturated rings. The molecule has 0 unspecified atom stereocenters. The third-order valence-corrected chi connectivity index (χ3v) is 8.84. The van der Waals surface area contributed by atoms with E-state index in [-0.39, 0.29) is 4.75 Å². The summed E-state index contributed by atoms with van der Waals surface area (Å²) in [5.74, 6) is 3.18. The van der Waals surface area contributed by atoms with Crippen LogP contribution in [-0.2, 0) is 21.6 Å². The van der Waals surface area contributed by atoms with E-state index >= 15 is 0 Å². The first-order chi connectivity index (χ1) is 15.1. The predicted molar refractivity (Wildman–Crippen MR) is 128 cm³/mol. The second-order valence-corrected chi connectivity index (χ2v) is 11.7. The van der Waals surface area contributed by atoms with Gasteiger partial charge in [-0.15, -0.1) is 11.3 Å². The van der Waals surface area contributed by atoms with Crippen molar-refractivity contribution in [3.63, 3.8) is 0 Å². The van der Waals surface area contributed by atoms with Gasteiger partial charge in [-0.1, -0.05) is 13.8 Å². The molecule has 3 aliphatic rings. The van der Waals surface area contributed by atoms with Crippen LogP contribution in [0.15, 0.2) is 6.33 Å². The van der Waals surface area contributed by atoms with Crippen LogP contribution >= 0.6 is 23.1 Å². The maximum Gasteiger partial charge on any atom is 0.150 e. The maximum atomic E-state index is 5.61. The Balaban J connectivity index is 1.58. The van der Waals surface area contributed by atoms with Crippen molar-refractivity contribution in [3.05, 3.63) is 17.5 Å². The van der Waals surface area contributed by atoms with E-state index in [0.717, 1.165) is 91.5 Å². The number of nitrogens with zero attached hydrogens (tertiary/aromatic N) is 5. The van der Waals surface area contributed by atoms with Gasteiger partial charge >= 0.3 is 0 Å². The van der Waals surface area contributed by atoms with Crippen LogP contribution in [0.1, 0.15) is 25.0 Å². The summed E-state index contributed by atoms with van der Waals surface area (Å²) < 4.78 is 12.5. The number of thiophene rings is 1.